The lowest BCUT2D eigenvalue weighted by molar-refractivity contribution is -0.257. The molecule has 4 rings (SSSR count). The van der Waals surface area contributed by atoms with Crippen molar-refractivity contribution in [3.8, 4) is 12.3 Å². The van der Waals surface area contributed by atoms with E-state index in [0.29, 0.717) is 30.4 Å². The highest BCUT2D eigenvalue weighted by Crippen LogP contribution is 2.70. The van der Waals surface area contributed by atoms with Gasteiger partial charge in [-0.15, -0.1) is 6.42 Å². The molecule has 1 saturated heterocycles. The van der Waals surface area contributed by atoms with Crippen LogP contribution in [0.3, 0.4) is 0 Å². The number of carbonyl (C=O) groups is 1. The second kappa shape index (κ2) is 9.47. The molecule has 7 nitrogen and oxygen atoms in total. The summed E-state index contributed by atoms with van der Waals surface area (Å²) in [5.41, 5.74) is 1.37. The molecule has 2 N–H and O–H groups in total. The lowest BCUT2D eigenvalue weighted by atomic mass is 9.64. The number of ether oxygens (including phenoxy) is 3. The minimum absolute atomic E-state index is 0.0238. The topological polar surface area (TPSA) is 88.5 Å². The molecule has 8 unspecified atom stereocenters. The Hall–Kier alpha value is -1.85. The first-order valence-corrected chi connectivity index (χ1v) is 13.1. The zero-order chi connectivity index (χ0) is 26.6. The fourth-order valence-corrected chi connectivity index (χ4v) is 7.15. The number of amides is 1. The van der Waals surface area contributed by atoms with E-state index >= 15 is 0 Å². The molecule has 0 radical (unpaired) electrons. The average molecular weight is 502 g/mol. The molecule has 3 fully saturated rings. The van der Waals surface area contributed by atoms with E-state index in [9.17, 15) is 15.0 Å². The minimum Gasteiger partial charge on any atom is -0.439 e. The predicted molar refractivity (Wildman–Crippen MR) is 137 cm³/mol. The van der Waals surface area contributed by atoms with Crippen LogP contribution in [0, 0.1) is 46.8 Å². The van der Waals surface area contributed by atoms with Gasteiger partial charge in [-0.25, -0.2) is 4.79 Å². The smallest absolute Gasteiger partial charge is 0.410 e. The second-order valence-electron chi connectivity index (χ2n) is 12.5. The Bertz CT molecular complexity index is 977. The molecule has 7 heteroatoms. The van der Waals surface area contributed by atoms with Crippen molar-refractivity contribution < 1.29 is 29.2 Å². The van der Waals surface area contributed by atoms with Crippen molar-refractivity contribution in [1.29, 1.82) is 0 Å². The van der Waals surface area contributed by atoms with Gasteiger partial charge in [-0.05, 0) is 67.9 Å². The fourth-order valence-electron chi connectivity index (χ4n) is 7.15. The van der Waals surface area contributed by atoms with Gasteiger partial charge in [0.25, 0.3) is 0 Å². The van der Waals surface area contributed by atoms with Gasteiger partial charge in [0.2, 0.25) is 0 Å². The summed E-state index contributed by atoms with van der Waals surface area (Å²) >= 11 is 0. The molecule has 2 bridgehead atoms. The first-order valence-electron chi connectivity index (χ1n) is 13.1. The van der Waals surface area contributed by atoms with E-state index in [1.54, 1.807) is 7.05 Å². The number of carbonyl (C=O) groups excluding carboxylic acids is 1. The molecular formula is C29H43NO6. The molecule has 0 spiro atoms. The number of terminal acetylenes is 1. The van der Waals surface area contributed by atoms with Crippen LogP contribution in [0.4, 0.5) is 4.79 Å². The Balaban J connectivity index is 1.73. The first kappa shape index (κ1) is 27.2. The molecule has 1 aliphatic heterocycles. The van der Waals surface area contributed by atoms with E-state index in [4.69, 9.17) is 20.6 Å². The van der Waals surface area contributed by atoms with E-state index in [-0.39, 0.29) is 36.5 Å². The number of nitrogens with zero attached hydrogens (tertiary/aromatic N) is 1. The summed E-state index contributed by atoms with van der Waals surface area (Å²) in [6.45, 7) is 12.8. The highest BCUT2D eigenvalue weighted by molar-refractivity contribution is 5.68. The summed E-state index contributed by atoms with van der Waals surface area (Å²) in [6, 6.07) is 0. The van der Waals surface area contributed by atoms with Crippen molar-refractivity contribution in [3.05, 3.63) is 23.3 Å². The standard InChI is InChI=1S/C29H43NO6/c1-9-10-30(8)26(33)35-23(15-31)17(2)13-29-14-22-19(16-34-28(6,7)36-22)12-20(25(29)32)24-21(11-18(29)3)27(24,4)5/h1,12-13,18,20-25,31-32H,10-11,14-16H2,2-8H3. The predicted octanol–water partition coefficient (Wildman–Crippen LogP) is 3.75. The van der Waals surface area contributed by atoms with Crippen molar-refractivity contribution in [2.75, 3.05) is 26.8 Å². The Morgan fingerprint density at radius 2 is 2.08 bits per heavy atom. The molecular weight excluding hydrogens is 458 g/mol. The van der Waals surface area contributed by atoms with Crippen LogP contribution in [0.15, 0.2) is 23.3 Å². The van der Waals surface area contributed by atoms with Gasteiger partial charge < -0.3 is 29.3 Å². The normalized spacial score (nSPS) is 39.2. The summed E-state index contributed by atoms with van der Waals surface area (Å²) in [6.07, 6.45) is 8.99. The lowest BCUT2D eigenvalue weighted by Crippen LogP contribution is -2.48. The van der Waals surface area contributed by atoms with Crippen LogP contribution in [-0.2, 0) is 14.2 Å². The number of aliphatic hydroxyl groups is 2. The van der Waals surface area contributed by atoms with Crippen LogP contribution in [0.1, 0.15) is 54.4 Å². The van der Waals surface area contributed by atoms with E-state index < -0.39 is 29.5 Å². The molecule has 0 aromatic rings. The zero-order valence-corrected chi connectivity index (χ0v) is 22.8. The van der Waals surface area contributed by atoms with Gasteiger partial charge in [0.1, 0.15) is 6.10 Å². The number of hydrogen-bond donors (Lipinski definition) is 2. The maximum atomic E-state index is 12.5. The largest absolute Gasteiger partial charge is 0.439 e. The quantitative estimate of drug-likeness (QED) is 0.441. The van der Waals surface area contributed by atoms with Gasteiger partial charge in [0.15, 0.2) is 5.79 Å². The van der Waals surface area contributed by atoms with Crippen molar-refractivity contribution in [2.24, 2.45) is 34.5 Å². The van der Waals surface area contributed by atoms with E-state index in [2.05, 4.69) is 38.8 Å². The third-order valence-corrected chi connectivity index (χ3v) is 9.42. The first-order chi connectivity index (χ1) is 16.8. The number of fused-ring (bicyclic) bond motifs is 5. The molecule has 1 amide bonds. The molecule has 0 aromatic carbocycles. The van der Waals surface area contributed by atoms with E-state index in [1.165, 1.54) is 4.90 Å². The summed E-state index contributed by atoms with van der Waals surface area (Å²) in [5.74, 6) is 2.76. The highest BCUT2D eigenvalue weighted by atomic mass is 16.7. The van der Waals surface area contributed by atoms with Gasteiger partial charge in [0, 0.05) is 18.4 Å². The number of rotatable bonds is 5. The minimum atomic E-state index is -0.832. The third-order valence-electron chi connectivity index (χ3n) is 9.42. The summed E-state index contributed by atoms with van der Waals surface area (Å²) in [5, 5.41) is 22.3. The van der Waals surface area contributed by atoms with Gasteiger partial charge in [-0.2, -0.15) is 0 Å². The van der Waals surface area contributed by atoms with Crippen molar-refractivity contribution in [3.63, 3.8) is 0 Å². The fraction of sp³-hybridized carbons (Fsp3) is 0.759. The zero-order valence-electron chi connectivity index (χ0n) is 22.8. The maximum absolute atomic E-state index is 12.5. The molecule has 4 aliphatic rings. The summed E-state index contributed by atoms with van der Waals surface area (Å²) in [4.78, 5) is 13.8. The van der Waals surface area contributed by atoms with E-state index in [0.717, 1.165) is 12.0 Å². The van der Waals surface area contributed by atoms with Gasteiger partial charge in [-0.3, -0.25) is 0 Å². The van der Waals surface area contributed by atoms with Crippen molar-refractivity contribution >= 4 is 6.09 Å². The molecule has 1 heterocycles. The van der Waals surface area contributed by atoms with E-state index in [1.807, 2.05) is 20.8 Å². The van der Waals surface area contributed by atoms with Crippen LogP contribution >= 0.6 is 0 Å². The number of aliphatic hydroxyl groups excluding tert-OH is 2. The van der Waals surface area contributed by atoms with Crippen molar-refractivity contribution in [2.45, 2.75) is 78.5 Å². The summed E-state index contributed by atoms with van der Waals surface area (Å²) < 4.78 is 18.0. The Morgan fingerprint density at radius 3 is 2.72 bits per heavy atom. The molecule has 36 heavy (non-hydrogen) atoms. The SMILES string of the molecule is C#CCN(C)C(=O)OC(CO)C(C)=CC12CC3OC(C)(C)OCC3=CC(C3C(CC1C)C3(C)C)C2O. The van der Waals surface area contributed by atoms with Crippen LogP contribution in [0.5, 0.6) is 0 Å². The van der Waals surface area contributed by atoms with Crippen LogP contribution < -0.4 is 0 Å². The molecule has 0 aromatic heterocycles. The average Bonchev–Trinajstić information content (AvgIpc) is 3.38. The summed E-state index contributed by atoms with van der Waals surface area (Å²) in [7, 11) is 1.56. The number of hydrogen-bond acceptors (Lipinski definition) is 6. The maximum Gasteiger partial charge on any atom is 0.410 e. The Labute approximate surface area is 215 Å². The van der Waals surface area contributed by atoms with Crippen molar-refractivity contribution in [1.82, 2.24) is 4.90 Å². The Kier molecular flexibility index (Phi) is 7.15. The molecule has 3 aliphatic carbocycles. The highest BCUT2D eigenvalue weighted by Gasteiger charge is 2.67. The Morgan fingerprint density at radius 1 is 1.39 bits per heavy atom. The lowest BCUT2D eigenvalue weighted by Gasteiger charge is -2.46. The monoisotopic (exact) mass is 501 g/mol. The molecule has 2 saturated carbocycles. The third kappa shape index (κ3) is 4.62. The van der Waals surface area contributed by atoms with Crippen LogP contribution in [-0.4, -0.2) is 72.1 Å². The second-order valence-corrected chi connectivity index (χ2v) is 12.5. The molecule has 8 atom stereocenters. The van der Waals surface area contributed by atoms with Gasteiger partial charge in [0.05, 0.1) is 32.0 Å². The van der Waals surface area contributed by atoms with Gasteiger partial charge in [-0.1, -0.05) is 38.8 Å². The van der Waals surface area contributed by atoms with Crippen LogP contribution in [0.25, 0.3) is 0 Å². The van der Waals surface area contributed by atoms with Crippen LogP contribution in [0.2, 0.25) is 0 Å². The van der Waals surface area contributed by atoms with Gasteiger partial charge >= 0.3 is 6.09 Å². The molecule has 200 valence electrons.